The zero-order valence-corrected chi connectivity index (χ0v) is 27.6. The second kappa shape index (κ2) is 14.7. The van der Waals surface area contributed by atoms with Gasteiger partial charge in [0, 0.05) is 60.9 Å². The Morgan fingerprint density at radius 3 is 2.16 bits per heavy atom. The van der Waals surface area contributed by atoms with Crippen molar-refractivity contribution in [2.75, 3.05) is 32.8 Å². The van der Waals surface area contributed by atoms with Gasteiger partial charge in [0.2, 0.25) is 11.8 Å². The van der Waals surface area contributed by atoms with Crippen molar-refractivity contribution in [3.63, 3.8) is 0 Å². The molecule has 0 radical (unpaired) electrons. The standard InChI is InChI=1S/C35H57N3O5/c1-6-7-8-9-10-11-12-13-18-35(19-14-20-35)32(41)38-24-22-37(23-25-38)29(39)16-15-28-27(17-21-36-28)30(40)31-33(2,3)26-42-34(4,5)43-31/h17,21,31,36H,6-16,18-20,22-26H2,1-5H3. The van der Waals surface area contributed by atoms with Gasteiger partial charge in [0.05, 0.1) is 6.61 Å². The zero-order chi connectivity index (χ0) is 31.1. The molecule has 3 fully saturated rings. The van der Waals surface area contributed by atoms with Crippen LogP contribution in [0.2, 0.25) is 0 Å². The fraction of sp³-hybridized carbons (Fsp3) is 0.800. The second-order valence-corrected chi connectivity index (χ2v) is 14.4. The van der Waals surface area contributed by atoms with E-state index in [4.69, 9.17) is 9.47 Å². The number of aromatic amines is 1. The van der Waals surface area contributed by atoms with Crippen LogP contribution in [0, 0.1) is 10.8 Å². The number of unbranched alkanes of at least 4 members (excludes halogenated alkanes) is 7. The van der Waals surface area contributed by atoms with Gasteiger partial charge in [-0.2, -0.15) is 0 Å². The summed E-state index contributed by atoms with van der Waals surface area (Å²) in [6.07, 6.45) is 16.4. The number of aryl methyl sites for hydroxylation is 1. The van der Waals surface area contributed by atoms with Crippen LogP contribution in [0.25, 0.3) is 0 Å². The van der Waals surface area contributed by atoms with E-state index >= 15 is 0 Å². The maximum atomic E-state index is 13.6. The molecule has 3 heterocycles. The van der Waals surface area contributed by atoms with Crippen LogP contribution in [0.3, 0.4) is 0 Å². The number of carbonyl (C=O) groups is 3. The van der Waals surface area contributed by atoms with Crippen LogP contribution in [0.15, 0.2) is 12.3 Å². The topological polar surface area (TPSA) is 91.9 Å². The lowest BCUT2D eigenvalue weighted by Crippen LogP contribution is -2.56. The number of Topliss-reactive ketones (excluding diaryl/α,β-unsaturated/α-hetero) is 1. The molecule has 2 amide bonds. The molecule has 1 N–H and O–H groups in total. The van der Waals surface area contributed by atoms with E-state index in [0.717, 1.165) is 37.8 Å². The number of hydrogen-bond donors (Lipinski definition) is 1. The van der Waals surface area contributed by atoms with E-state index in [1.54, 1.807) is 12.3 Å². The average Bonchev–Trinajstić information content (AvgIpc) is 3.44. The largest absolute Gasteiger partial charge is 0.364 e. The highest BCUT2D eigenvalue weighted by atomic mass is 16.7. The molecule has 8 heteroatoms. The lowest BCUT2D eigenvalue weighted by Gasteiger charge is -2.46. The van der Waals surface area contributed by atoms with Crippen molar-refractivity contribution in [2.45, 2.75) is 136 Å². The van der Waals surface area contributed by atoms with Crippen LogP contribution in [0.1, 0.15) is 134 Å². The van der Waals surface area contributed by atoms with Gasteiger partial charge < -0.3 is 24.3 Å². The first-order valence-corrected chi connectivity index (χ1v) is 17.1. The second-order valence-electron chi connectivity index (χ2n) is 14.4. The number of nitrogens with one attached hydrogen (secondary N) is 1. The van der Waals surface area contributed by atoms with E-state index < -0.39 is 17.3 Å². The molecule has 1 aliphatic carbocycles. The molecule has 4 rings (SSSR count). The van der Waals surface area contributed by atoms with Gasteiger partial charge in [0.15, 0.2) is 11.6 Å². The minimum absolute atomic E-state index is 0.0705. The Hall–Kier alpha value is -2.19. The summed E-state index contributed by atoms with van der Waals surface area (Å²) in [6.45, 7) is 12.7. The van der Waals surface area contributed by atoms with Crippen LogP contribution in [0.4, 0.5) is 0 Å². The molecular weight excluding hydrogens is 542 g/mol. The van der Waals surface area contributed by atoms with Gasteiger partial charge in [-0.3, -0.25) is 14.4 Å². The minimum Gasteiger partial charge on any atom is -0.364 e. The molecule has 1 aromatic heterocycles. The van der Waals surface area contributed by atoms with Crippen molar-refractivity contribution in [3.05, 3.63) is 23.5 Å². The van der Waals surface area contributed by atoms with Crippen LogP contribution in [-0.2, 0) is 25.5 Å². The molecular formula is C35H57N3O5. The van der Waals surface area contributed by atoms with Gasteiger partial charge in [-0.1, -0.05) is 78.6 Å². The molecule has 1 unspecified atom stereocenters. The Morgan fingerprint density at radius 1 is 0.907 bits per heavy atom. The fourth-order valence-corrected chi connectivity index (χ4v) is 6.96. The SMILES string of the molecule is CCCCCCCCCCC1(C(=O)N2CCN(C(=O)CCc3[nH]ccc3C(=O)C3OC(C)(C)OCC3(C)C)CC2)CCC1. The molecule has 242 valence electrons. The maximum Gasteiger partial charge on any atom is 0.228 e. The van der Waals surface area contributed by atoms with Gasteiger partial charge >= 0.3 is 0 Å². The summed E-state index contributed by atoms with van der Waals surface area (Å²) in [4.78, 5) is 47.4. The highest BCUT2D eigenvalue weighted by molar-refractivity contribution is 6.01. The monoisotopic (exact) mass is 599 g/mol. The van der Waals surface area contributed by atoms with Gasteiger partial charge in [-0.05, 0) is 45.6 Å². The predicted molar refractivity (Wildman–Crippen MR) is 169 cm³/mol. The van der Waals surface area contributed by atoms with Crippen molar-refractivity contribution in [2.24, 2.45) is 10.8 Å². The Labute approximate surface area is 259 Å². The number of piperazine rings is 1. The number of nitrogens with zero attached hydrogens (tertiary/aromatic N) is 2. The Kier molecular flexibility index (Phi) is 11.5. The van der Waals surface area contributed by atoms with Gasteiger partial charge in [-0.25, -0.2) is 0 Å². The molecule has 3 aliphatic rings. The van der Waals surface area contributed by atoms with E-state index in [1.165, 1.54) is 44.9 Å². The van der Waals surface area contributed by atoms with E-state index in [-0.39, 0.29) is 17.1 Å². The molecule has 2 saturated heterocycles. The summed E-state index contributed by atoms with van der Waals surface area (Å²) in [7, 11) is 0. The first kappa shape index (κ1) is 33.7. The number of amides is 2. The van der Waals surface area contributed by atoms with E-state index in [0.29, 0.717) is 57.1 Å². The average molecular weight is 600 g/mol. The number of ketones is 1. The molecule has 0 bridgehead atoms. The number of ether oxygens (including phenoxy) is 2. The first-order valence-electron chi connectivity index (χ1n) is 17.1. The smallest absolute Gasteiger partial charge is 0.228 e. The predicted octanol–water partition coefficient (Wildman–Crippen LogP) is 6.68. The summed E-state index contributed by atoms with van der Waals surface area (Å²) in [6, 6.07) is 1.79. The van der Waals surface area contributed by atoms with E-state index in [2.05, 4.69) is 11.9 Å². The van der Waals surface area contributed by atoms with Crippen molar-refractivity contribution in [1.29, 1.82) is 0 Å². The molecule has 0 spiro atoms. The summed E-state index contributed by atoms with van der Waals surface area (Å²) in [5.74, 6) is -0.502. The van der Waals surface area contributed by atoms with Crippen molar-refractivity contribution < 1.29 is 23.9 Å². The Balaban J connectivity index is 1.22. The minimum atomic E-state index is -0.822. The number of rotatable bonds is 15. The third kappa shape index (κ3) is 8.50. The molecule has 43 heavy (non-hydrogen) atoms. The number of aromatic nitrogens is 1. The number of hydrogen-bond acceptors (Lipinski definition) is 5. The molecule has 1 saturated carbocycles. The van der Waals surface area contributed by atoms with Crippen LogP contribution in [0.5, 0.6) is 0 Å². The normalized spacial score (nSPS) is 22.7. The van der Waals surface area contributed by atoms with Crippen LogP contribution < -0.4 is 0 Å². The molecule has 8 nitrogen and oxygen atoms in total. The molecule has 0 aromatic carbocycles. The van der Waals surface area contributed by atoms with Crippen molar-refractivity contribution in [1.82, 2.24) is 14.8 Å². The van der Waals surface area contributed by atoms with Gasteiger partial charge in [-0.15, -0.1) is 0 Å². The molecule has 1 aromatic rings. The highest BCUT2D eigenvalue weighted by Crippen LogP contribution is 2.47. The summed E-state index contributed by atoms with van der Waals surface area (Å²) in [5.41, 5.74) is 0.744. The van der Waals surface area contributed by atoms with Gasteiger partial charge in [0.1, 0.15) is 6.10 Å². The van der Waals surface area contributed by atoms with E-state index in [1.807, 2.05) is 37.5 Å². The number of H-pyrrole nitrogens is 1. The molecule has 2 aliphatic heterocycles. The van der Waals surface area contributed by atoms with Crippen LogP contribution >= 0.6 is 0 Å². The fourth-order valence-electron chi connectivity index (χ4n) is 6.96. The first-order chi connectivity index (χ1) is 20.5. The van der Waals surface area contributed by atoms with Crippen LogP contribution in [-0.4, -0.2) is 77.1 Å². The summed E-state index contributed by atoms with van der Waals surface area (Å²) in [5, 5.41) is 0. The van der Waals surface area contributed by atoms with E-state index in [9.17, 15) is 14.4 Å². The summed E-state index contributed by atoms with van der Waals surface area (Å²) < 4.78 is 11.9. The highest BCUT2D eigenvalue weighted by Gasteiger charge is 2.47. The lowest BCUT2D eigenvalue weighted by molar-refractivity contribution is -0.298. The lowest BCUT2D eigenvalue weighted by atomic mass is 9.64. The Morgan fingerprint density at radius 2 is 1.53 bits per heavy atom. The molecule has 1 atom stereocenters. The maximum absolute atomic E-state index is 13.6. The zero-order valence-electron chi connectivity index (χ0n) is 27.6. The van der Waals surface area contributed by atoms with Crippen molar-refractivity contribution >= 4 is 17.6 Å². The van der Waals surface area contributed by atoms with Crippen molar-refractivity contribution in [3.8, 4) is 0 Å². The summed E-state index contributed by atoms with van der Waals surface area (Å²) >= 11 is 0. The number of carbonyl (C=O) groups excluding carboxylic acids is 3. The quantitative estimate of drug-likeness (QED) is 0.179. The third-order valence-corrected chi connectivity index (χ3v) is 10.0. The van der Waals surface area contributed by atoms with Gasteiger partial charge in [0.25, 0.3) is 0 Å². The third-order valence-electron chi connectivity index (χ3n) is 10.0. The Bertz CT molecular complexity index is 1080.